The fourth-order valence-corrected chi connectivity index (χ4v) is 1.87. The van der Waals surface area contributed by atoms with E-state index in [2.05, 4.69) is 0 Å². The largest absolute Gasteiger partial charge is 0.491 e. The molecule has 5 heteroatoms. The van der Waals surface area contributed by atoms with Crippen LogP contribution in [0.3, 0.4) is 0 Å². The number of rotatable bonds is 7. The molecule has 0 heterocycles. The van der Waals surface area contributed by atoms with E-state index >= 15 is 0 Å². The standard InChI is InChI=1S/C18H19FO4/c1-13(2)23-15-9-7-14(8-10-15)18(20)22-12-11-21-17-6-4-3-5-16(17)19/h3-10,13H,11-12H2,1-2H3. The van der Waals surface area contributed by atoms with E-state index in [1.807, 2.05) is 13.8 Å². The third kappa shape index (κ3) is 5.29. The first-order chi connectivity index (χ1) is 11.1. The molecular formula is C18H19FO4. The zero-order valence-electron chi connectivity index (χ0n) is 13.1. The second-order valence-corrected chi connectivity index (χ2v) is 5.11. The molecule has 0 spiro atoms. The van der Waals surface area contributed by atoms with Crippen molar-refractivity contribution in [3.05, 3.63) is 59.9 Å². The van der Waals surface area contributed by atoms with Crippen LogP contribution in [0.5, 0.6) is 11.5 Å². The van der Waals surface area contributed by atoms with Crippen LogP contribution in [0.2, 0.25) is 0 Å². The summed E-state index contributed by atoms with van der Waals surface area (Å²) in [5, 5.41) is 0. The molecule has 0 aromatic heterocycles. The van der Waals surface area contributed by atoms with Crippen molar-refractivity contribution < 1.29 is 23.4 Å². The second-order valence-electron chi connectivity index (χ2n) is 5.11. The summed E-state index contributed by atoms with van der Waals surface area (Å²) < 4.78 is 29.1. The number of halogens is 1. The van der Waals surface area contributed by atoms with Gasteiger partial charge in [-0.3, -0.25) is 0 Å². The molecular weight excluding hydrogens is 299 g/mol. The molecule has 0 bridgehead atoms. The molecule has 0 atom stereocenters. The summed E-state index contributed by atoms with van der Waals surface area (Å²) in [6, 6.07) is 12.8. The van der Waals surface area contributed by atoms with Gasteiger partial charge in [-0.1, -0.05) is 12.1 Å². The van der Waals surface area contributed by atoms with Gasteiger partial charge in [-0.25, -0.2) is 9.18 Å². The number of hydrogen-bond acceptors (Lipinski definition) is 4. The molecule has 0 saturated heterocycles. The van der Waals surface area contributed by atoms with Gasteiger partial charge in [-0.15, -0.1) is 0 Å². The van der Waals surface area contributed by atoms with Crippen molar-refractivity contribution in [3.8, 4) is 11.5 Å². The Morgan fingerprint density at radius 2 is 1.74 bits per heavy atom. The Hall–Kier alpha value is -2.56. The zero-order chi connectivity index (χ0) is 16.7. The van der Waals surface area contributed by atoms with E-state index in [4.69, 9.17) is 14.2 Å². The molecule has 4 nitrogen and oxygen atoms in total. The summed E-state index contributed by atoms with van der Waals surface area (Å²) in [4.78, 5) is 11.9. The van der Waals surface area contributed by atoms with E-state index in [-0.39, 0.29) is 25.1 Å². The summed E-state index contributed by atoms with van der Waals surface area (Å²) in [6.45, 7) is 3.98. The summed E-state index contributed by atoms with van der Waals surface area (Å²) in [7, 11) is 0. The van der Waals surface area contributed by atoms with Crippen molar-refractivity contribution in [1.82, 2.24) is 0 Å². The first-order valence-corrected chi connectivity index (χ1v) is 7.37. The highest BCUT2D eigenvalue weighted by atomic mass is 19.1. The van der Waals surface area contributed by atoms with E-state index in [1.165, 1.54) is 12.1 Å². The van der Waals surface area contributed by atoms with Gasteiger partial charge in [-0.05, 0) is 50.2 Å². The maximum atomic E-state index is 13.3. The topological polar surface area (TPSA) is 44.8 Å². The first kappa shape index (κ1) is 16.8. The van der Waals surface area contributed by atoms with Crippen LogP contribution in [-0.2, 0) is 4.74 Å². The number of para-hydroxylation sites is 1. The summed E-state index contributed by atoms with van der Waals surface area (Å²) in [6.07, 6.45) is 0.0725. The lowest BCUT2D eigenvalue weighted by Gasteiger charge is -2.10. The van der Waals surface area contributed by atoms with Gasteiger partial charge in [0, 0.05) is 0 Å². The Morgan fingerprint density at radius 3 is 2.39 bits per heavy atom. The van der Waals surface area contributed by atoms with Gasteiger partial charge in [0.05, 0.1) is 11.7 Å². The Kier molecular flexibility index (Phi) is 5.97. The highest BCUT2D eigenvalue weighted by Gasteiger charge is 2.08. The molecule has 0 N–H and O–H groups in total. The van der Waals surface area contributed by atoms with Crippen molar-refractivity contribution in [2.45, 2.75) is 20.0 Å². The molecule has 122 valence electrons. The fourth-order valence-electron chi connectivity index (χ4n) is 1.87. The molecule has 2 aromatic rings. The van der Waals surface area contributed by atoms with Crippen molar-refractivity contribution in [1.29, 1.82) is 0 Å². The third-order valence-corrected chi connectivity index (χ3v) is 2.87. The Bertz CT molecular complexity index is 638. The van der Waals surface area contributed by atoms with E-state index in [1.54, 1.807) is 36.4 Å². The van der Waals surface area contributed by atoms with Gasteiger partial charge in [0.1, 0.15) is 19.0 Å². The molecule has 23 heavy (non-hydrogen) atoms. The van der Waals surface area contributed by atoms with Gasteiger partial charge < -0.3 is 14.2 Å². The number of esters is 1. The quantitative estimate of drug-likeness (QED) is 0.574. The van der Waals surface area contributed by atoms with Crippen molar-refractivity contribution in [3.63, 3.8) is 0 Å². The minimum atomic E-state index is -0.460. The minimum absolute atomic E-state index is 0.0391. The van der Waals surface area contributed by atoms with Gasteiger partial charge in [-0.2, -0.15) is 0 Å². The van der Waals surface area contributed by atoms with E-state index in [0.717, 1.165) is 0 Å². The monoisotopic (exact) mass is 318 g/mol. The lowest BCUT2D eigenvalue weighted by molar-refractivity contribution is 0.0448. The zero-order valence-corrected chi connectivity index (χ0v) is 13.1. The van der Waals surface area contributed by atoms with Gasteiger partial charge in [0.25, 0.3) is 0 Å². The number of ether oxygens (including phenoxy) is 3. The molecule has 2 rings (SSSR count). The minimum Gasteiger partial charge on any atom is -0.491 e. The maximum absolute atomic E-state index is 13.3. The van der Waals surface area contributed by atoms with Gasteiger partial charge in [0.2, 0.25) is 0 Å². The van der Waals surface area contributed by atoms with Crippen LogP contribution in [-0.4, -0.2) is 25.3 Å². The predicted molar refractivity (Wildman–Crippen MR) is 84.4 cm³/mol. The van der Waals surface area contributed by atoms with Crippen molar-refractivity contribution >= 4 is 5.97 Å². The molecule has 0 amide bonds. The van der Waals surface area contributed by atoms with Crippen molar-refractivity contribution in [2.75, 3.05) is 13.2 Å². The van der Waals surface area contributed by atoms with Crippen molar-refractivity contribution in [2.24, 2.45) is 0 Å². The number of carbonyl (C=O) groups is 1. The fraction of sp³-hybridized carbons (Fsp3) is 0.278. The van der Waals surface area contributed by atoms with Crippen LogP contribution in [0.1, 0.15) is 24.2 Å². The van der Waals surface area contributed by atoms with Crippen LogP contribution >= 0.6 is 0 Å². The smallest absolute Gasteiger partial charge is 0.338 e. The molecule has 0 aliphatic carbocycles. The summed E-state index contributed by atoms with van der Waals surface area (Å²) in [5.41, 5.74) is 0.423. The van der Waals surface area contributed by atoms with E-state index < -0.39 is 11.8 Å². The lowest BCUT2D eigenvalue weighted by atomic mass is 10.2. The molecule has 0 unspecified atom stereocenters. The molecule has 0 fully saturated rings. The molecule has 0 aliphatic rings. The van der Waals surface area contributed by atoms with Gasteiger partial charge >= 0.3 is 5.97 Å². The lowest BCUT2D eigenvalue weighted by Crippen LogP contribution is -2.13. The van der Waals surface area contributed by atoms with Crippen LogP contribution in [0.4, 0.5) is 4.39 Å². The predicted octanol–water partition coefficient (Wildman–Crippen LogP) is 3.85. The highest BCUT2D eigenvalue weighted by Crippen LogP contribution is 2.16. The summed E-state index contributed by atoms with van der Waals surface area (Å²) in [5.74, 6) is -0.0732. The Morgan fingerprint density at radius 1 is 1.04 bits per heavy atom. The van der Waals surface area contributed by atoms with Crippen LogP contribution in [0.25, 0.3) is 0 Å². The first-order valence-electron chi connectivity index (χ1n) is 7.37. The van der Waals surface area contributed by atoms with E-state index in [9.17, 15) is 9.18 Å². The van der Waals surface area contributed by atoms with Crippen LogP contribution in [0, 0.1) is 5.82 Å². The van der Waals surface area contributed by atoms with Gasteiger partial charge in [0.15, 0.2) is 11.6 Å². The van der Waals surface area contributed by atoms with Crippen LogP contribution in [0.15, 0.2) is 48.5 Å². The van der Waals surface area contributed by atoms with E-state index in [0.29, 0.717) is 11.3 Å². The molecule has 0 aliphatic heterocycles. The number of benzene rings is 2. The number of hydrogen-bond donors (Lipinski definition) is 0. The third-order valence-electron chi connectivity index (χ3n) is 2.87. The Labute approximate surface area is 134 Å². The SMILES string of the molecule is CC(C)Oc1ccc(C(=O)OCCOc2ccccc2F)cc1. The molecule has 0 radical (unpaired) electrons. The average molecular weight is 318 g/mol. The second kappa shape index (κ2) is 8.17. The maximum Gasteiger partial charge on any atom is 0.338 e. The average Bonchev–Trinajstić information content (AvgIpc) is 2.53. The molecule has 2 aromatic carbocycles. The summed E-state index contributed by atoms with van der Waals surface area (Å²) >= 11 is 0. The highest BCUT2D eigenvalue weighted by molar-refractivity contribution is 5.89. The number of carbonyl (C=O) groups excluding carboxylic acids is 1. The normalized spacial score (nSPS) is 10.4. The molecule has 0 saturated carbocycles. The Balaban J connectivity index is 1.77. The van der Waals surface area contributed by atoms with Crippen LogP contribution < -0.4 is 9.47 Å².